The molecule has 0 N–H and O–H groups in total. The van der Waals surface area contributed by atoms with Crippen LogP contribution in [0.15, 0.2) is 29.2 Å². The fraction of sp³-hybridized carbons (Fsp3) is 0.529. The van der Waals surface area contributed by atoms with Gasteiger partial charge in [0.05, 0.1) is 18.1 Å². The van der Waals surface area contributed by atoms with Crippen LogP contribution in [0.2, 0.25) is 0 Å². The minimum atomic E-state index is -3.23. The first kappa shape index (κ1) is 19.4. The van der Waals surface area contributed by atoms with Gasteiger partial charge in [-0.3, -0.25) is 4.79 Å². The zero-order valence-electron chi connectivity index (χ0n) is 14.6. The van der Waals surface area contributed by atoms with Gasteiger partial charge in [-0.1, -0.05) is 12.1 Å². The summed E-state index contributed by atoms with van der Waals surface area (Å²) in [7, 11) is -0.381. The predicted molar refractivity (Wildman–Crippen MR) is 90.8 cm³/mol. The standard InChI is InChI=1S/C17H23NO6S/c1-23-13-10-15(17(20)24-2)18(11-13)16(19)9-6-12-4-7-14(8-5-12)25(3,21)22/h4-5,7-8,13,15H,6,9-11H2,1-3H3/t13-,15+/m1/s1. The van der Waals surface area contributed by atoms with Crippen LogP contribution in [0.4, 0.5) is 0 Å². The third-order valence-corrected chi connectivity index (χ3v) is 5.50. The molecule has 0 aliphatic carbocycles. The molecule has 1 aliphatic rings. The molecule has 138 valence electrons. The monoisotopic (exact) mass is 369 g/mol. The van der Waals surface area contributed by atoms with Crippen molar-refractivity contribution in [3.63, 3.8) is 0 Å². The predicted octanol–water partition coefficient (Wildman–Crippen LogP) is 0.812. The number of hydrogen-bond donors (Lipinski definition) is 0. The minimum absolute atomic E-state index is 0.151. The van der Waals surface area contributed by atoms with Crippen LogP contribution >= 0.6 is 0 Å². The van der Waals surface area contributed by atoms with Gasteiger partial charge < -0.3 is 14.4 Å². The van der Waals surface area contributed by atoms with Gasteiger partial charge in [0, 0.05) is 32.8 Å². The summed E-state index contributed by atoms with van der Waals surface area (Å²) in [5.41, 5.74) is 0.859. The van der Waals surface area contributed by atoms with E-state index in [0.717, 1.165) is 11.8 Å². The topological polar surface area (TPSA) is 90.0 Å². The van der Waals surface area contributed by atoms with E-state index in [0.29, 0.717) is 19.4 Å². The van der Waals surface area contributed by atoms with Crippen molar-refractivity contribution in [3.8, 4) is 0 Å². The maximum absolute atomic E-state index is 12.5. The number of aryl methyl sites for hydroxylation is 1. The molecular formula is C17H23NO6S. The van der Waals surface area contributed by atoms with Crippen molar-refractivity contribution < 1.29 is 27.5 Å². The summed E-state index contributed by atoms with van der Waals surface area (Å²) in [5.74, 6) is -0.590. The van der Waals surface area contributed by atoms with E-state index >= 15 is 0 Å². The third-order valence-electron chi connectivity index (χ3n) is 4.37. The summed E-state index contributed by atoms with van der Waals surface area (Å²) >= 11 is 0. The number of amides is 1. The van der Waals surface area contributed by atoms with Gasteiger partial charge in [0.15, 0.2) is 9.84 Å². The van der Waals surface area contributed by atoms with Crippen molar-refractivity contribution in [2.24, 2.45) is 0 Å². The maximum atomic E-state index is 12.5. The summed E-state index contributed by atoms with van der Waals surface area (Å²) < 4.78 is 32.9. The molecule has 2 atom stereocenters. The number of rotatable bonds is 6. The van der Waals surface area contributed by atoms with Crippen LogP contribution in [0, 0.1) is 0 Å². The molecular weight excluding hydrogens is 346 g/mol. The number of hydrogen-bond acceptors (Lipinski definition) is 6. The van der Waals surface area contributed by atoms with Gasteiger partial charge >= 0.3 is 5.97 Å². The smallest absolute Gasteiger partial charge is 0.328 e. The average Bonchev–Trinajstić information content (AvgIpc) is 3.03. The Labute approximate surface area is 147 Å². The first-order chi connectivity index (χ1) is 11.8. The molecule has 1 amide bonds. The summed E-state index contributed by atoms with van der Waals surface area (Å²) in [6, 6.07) is 5.84. The van der Waals surface area contributed by atoms with E-state index in [-0.39, 0.29) is 23.3 Å². The molecule has 1 saturated heterocycles. The highest BCUT2D eigenvalue weighted by Gasteiger charge is 2.40. The van der Waals surface area contributed by atoms with Gasteiger partial charge in [0.25, 0.3) is 0 Å². The summed E-state index contributed by atoms with van der Waals surface area (Å²) in [4.78, 5) is 26.1. The highest BCUT2D eigenvalue weighted by atomic mass is 32.2. The Bertz CT molecular complexity index is 728. The Kier molecular flexibility index (Phi) is 6.18. The molecule has 1 aliphatic heterocycles. The van der Waals surface area contributed by atoms with E-state index in [9.17, 15) is 18.0 Å². The second-order valence-corrected chi connectivity index (χ2v) is 8.11. The molecule has 25 heavy (non-hydrogen) atoms. The van der Waals surface area contributed by atoms with E-state index in [1.54, 1.807) is 19.2 Å². The minimum Gasteiger partial charge on any atom is -0.467 e. The van der Waals surface area contributed by atoms with Crippen molar-refractivity contribution in [2.75, 3.05) is 27.0 Å². The van der Waals surface area contributed by atoms with E-state index in [1.807, 2.05) is 0 Å². The Morgan fingerprint density at radius 1 is 1.20 bits per heavy atom. The fourth-order valence-corrected chi connectivity index (χ4v) is 3.53. The number of carbonyl (C=O) groups excluding carboxylic acids is 2. The third kappa shape index (κ3) is 4.79. The van der Waals surface area contributed by atoms with Crippen LogP contribution in [0.5, 0.6) is 0 Å². The molecule has 0 bridgehead atoms. The molecule has 7 nitrogen and oxygen atoms in total. The average molecular weight is 369 g/mol. The van der Waals surface area contributed by atoms with Gasteiger partial charge in [-0.15, -0.1) is 0 Å². The van der Waals surface area contributed by atoms with Gasteiger partial charge in [-0.05, 0) is 24.1 Å². The number of benzene rings is 1. The van der Waals surface area contributed by atoms with Crippen molar-refractivity contribution in [1.82, 2.24) is 4.90 Å². The zero-order chi connectivity index (χ0) is 18.6. The number of nitrogens with zero attached hydrogens (tertiary/aromatic N) is 1. The number of carbonyl (C=O) groups is 2. The molecule has 1 aromatic rings. The molecule has 0 radical (unpaired) electrons. The van der Waals surface area contributed by atoms with E-state index < -0.39 is 21.8 Å². The summed E-state index contributed by atoms with van der Waals surface area (Å²) in [6.45, 7) is 0.363. The van der Waals surface area contributed by atoms with Crippen molar-refractivity contribution >= 4 is 21.7 Å². The molecule has 2 rings (SSSR count). The van der Waals surface area contributed by atoms with Gasteiger partial charge in [-0.2, -0.15) is 0 Å². The first-order valence-electron chi connectivity index (χ1n) is 7.95. The SMILES string of the molecule is COC(=O)[C@@H]1C[C@@H](OC)CN1C(=O)CCc1ccc(S(C)(=O)=O)cc1. The highest BCUT2D eigenvalue weighted by Crippen LogP contribution is 2.22. The Morgan fingerprint density at radius 3 is 2.36 bits per heavy atom. The Hall–Kier alpha value is -1.93. The lowest BCUT2D eigenvalue weighted by Crippen LogP contribution is -2.41. The number of esters is 1. The number of methoxy groups -OCH3 is 2. The molecule has 0 spiro atoms. The van der Waals surface area contributed by atoms with Crippen LogP contribution in [0.25, 0.3) is 0 Å². The number of sulfone groups is 1. The van der Waals surface area contributed by atoms with Crippen molar-refractivity contribution in [3.05, 3.63) is 29.8 Å². The van der Waals surface area contributed by atoms with Crippen LogP contribution < -0.4 is 0 Å². The van der Waals surface area contributed by atoms with Crippen LogP contribution in [0.1, 0.15) is 18.4 Å². The quantitative estimate of drug-likeness (QED) is 0.690. The molecule has 8 heteroatoms. The second-order valence-electron chi connectivity index (χ2n) is 6.09. The Morgan fingerprint density at radius 2 is 1.84 bits per heavy atom. The number of likely N-dealkylation sites (tertiary alicyclic amines) is 1. The molecule has 0 unspecified atom stereocenters. The van der Waals surface area contributed by atoms with Crippen molar-refractivity contribution in [1.29, 1.82) is 0 Å². The van der Waals surface area contributed by atoms with Gasteiger partial charge in [0.2, 0.25) is 5.91 Å². The largest absolute Gasteiger partial charge is 0.467 e. The van der Waals surface area contributed by atoms with E-state index in [4.69, 9.17) is 9.47 Å². The molecule has 1 fully saturated rings. The van der Waals surface area contributed by atoms with Crippen LogP contribution in [-0.2, 0) is 35.3 Å². The zero-order valence-corrected chi connectivity index (χ0v) is 15.4. The maximum Gasteiger partial charge on any atom is 0.328 e. The first-order valence-corrected chi connectivity index (χ1v) is 9.84. The highest BCUT2D eigenvalue weighted by molar-refractivity contribution is 7.90. The number of ether oxygens (including phenoxy) is 2. The Balaban J connectivity index is 2.00. The van der Waals surface area contributed by atoms with E-state index in [1.165, 1.54) is 24.1 Å². The van der Waals surface area contributed by atoms with Crippen molar-refractivity contribution in [2.45, 2.75) is 36.3 Å². The molecule has 1 heterocycles. The van der Waals surface area contributed by atoms with Crippen LogP contribution in [0.3, 0.4) is 0 Å². The van der Waals surface area contributed by atoms with E-state index in [2.05, 4.69) is 0 Å². The van der Waals surface area contributed by atoms with Crippen LogP contribution in [-0.4, -0.2) is 64.4 Å². The molecule has 1 aromatic carbocycles. The second kappa shape index (κ2) is 7.97. The molecule has 0 saturated carbocycles. The normalized spacial score (nSPS) is 20.5. The lowest BCUT2D eigenvalue weighted by molar-refractivity contribution is -0.150. The van der Waals surface area contributed by atoms with Gasteiger partial charge in [-0.25, -0.2) is 13.2 Å². The summed E-state index contributed by atoms with van der Waals surface area (Å²) in [6.07, 6.45) is 2.09. The molecule has 0 aromatic heterocycles. The van der Waals surface area contributed by atoms with Gasteiger partial charge in [0.1, 0.15) is 6.04 Å². The fourth-order valence-electron chi connectivity index (χ4n) is 2.90. The summed E-state index contributed by atoms with van der Waals surface area (Å²) in [5, 5.41) is 0. The lowest BCUT2D eigenvalue weighted by Gasteiger charge is -2.22. The lowest BCUT2D eigenvalue weighted by atomic mass is 10.1.